The molecule has 1 heterocycles. The van der Waals surface area contributed by atoms with Crippen LogP contribution in [0, 0.1) is 5.92 Å². The lowest BCUT2D eigenvalue weighted by Gasteiger charge is -2.36. The lowest BCUT2D eigenvalue weighted by atomic mass is 10.1. The van der Waals surface area contributed by atoms with Crippen molar-refractivity contribution in [2.24, 2.45) is 5.92 Å². The van der Waals surface area contributed by atoms with Gasteiger partial charge in [0.25, 0.3) is 0 Å². The van der Waals surface area contributed by atoms with Gasteiger partial charge in [0.05, 0.1) is 12.7 Å². The molecule has 2 rings (SSSR count). The molecular weight excluding hydrogens is 212 g/mol. The molecule has 0 saturated carbocycles. The van der Waals surface area contributed by atoms with E-state index < -0.39 is 0 Å². The Labute approximate surface area is 104 Å². The molecule has 1 fully saturated rings. The Morgan fingerprint density at radius 1 is 1.29 bits per heavy atom. The second kappa shape index (κ2) is 5.41. The van der Waals surface area contributed by atoms with Crippen molar-refractivity contribution in [3.63, 3.8) is 0 Å². The van der Waals surface area contributed by atoms with Crippen molar-refractivity contribution in [2.45, 2.75) is 20.0 Å². The van der Waals surface area contributed by atoms with Gasteiger partial charge in [0, 0.05) is 31.5 Å². The Hall–Kier alpha value is -1.22. The largest absolute Gasteiger partial charge is 0.388 e. The number of hydrogen-bond donors (Lipinski definition) is 1. The lowest BCUT2D eigenvalue weighted by Crippen LogP contribution is -2.44. The first kappa shape index (κ1) is 12.2. The van der Waals surface area contributed by atoms with E-state index in [1.165, 1.54) is 5.69 Å². The second-order valence-electron chi connectivity index (χ2n) is 4.90. The molecule has 1 atom stereocenters. The zero-order valence-electron chi connectivity index (χ0n) is 10.9. The molecule has 1 aliphatic heterocycles. The number of hydrogen-bond acceptors (Lipinski definition) is 3. The number of ether oxygens (including phenoxy) is 1. The van der Waals surface area contributed by atoms with Gasteiger partial charge in [-0.3, -0.25) is 0 Å². The van der Waals surface area contributed by atoms with Crippen LogP contribution < -0.4 is 10.2 Å². The molecule has 0 spiro atoms. The van der Waals surface area contributed by atoms with E-state index in [2.05, 4.69) is 48.3 Å². The van der Waals surface area contributed by atoms with Crippen molar-refractivity contribution in [2.75, 3.05) is 37.0 Å². The van der Waals surface area contributed by atoms with Crippen LogP contribution in [0.5, 0.6) is 0 Å². The summed E-state index contributed by atoms with van der Waals surface area (Å²) in [6, 6.07) is 8.59. The normalized spacial score (nSPS) is 20.7. The summed E-state index contributed by atoms with van der Waals surface area (Å²) in [4.78, 5) is 2.41. The van der Waals surface area contributed by atoms with Crippen LogP contribution in [0.3, 0.4) is 0 Å². The van der Waals surface area contributed by atoms with E-state index in [4.69, 9.17) is 4.74 Å². The molecule has 0 amide bonds. The second-order valence-corrected chi connectivity index (χ2v) is 4.90. The topological polar surface area (TPSA) is 24.5 Å². The van der Waals surface area contributed by atoms with Gasteiger partial charge in [-0.25, -0.2) is 0 Å². The molecule has 1 saturated heterocycles. The number of nitrogens with zero attached hydrogens (tertiary/aromatic N) is 1. The molecule has 1 aromatic rings. The highest BCUT2D eigenvalue weighted by Crippen LogP contribution is 2.22. The van der Waals surface area contributed by atoms with Gasteiger partial charge in [0.15, 0.2) is 0 Å². The van der Waals surface area contributed by atoms with Crippen molar-refractivity contribution in [3.8, 4) is 0 Å². The first-order chi connectivity index (χ1) is 8.20. The fourth-order valence-electron chi connectivity index (χ4n) is 2.15. The highest BCUT2D eigenvalue weighted by atomic mass is 16.5. The third kappa shape index (κ3) is 2.91. The summed E-state index contributed by atoms with van der Waals surface area (Å²) < 4.78 is 5.78. The standard InChI is InChI=1S/C14H22N2O/c1-11(2)14-10-16(8-9-17-14)13-6-4-12(15-3)5-7-13/h4-7,11,14-15H,8-10H2,1-3H3. The smallest absolute Gasteiger partial charge is 0.0773 e. The number of rotatable bonds is 3. The number of nitrogens with one attached hydrogen (secondary N) is 1. The highest BCUT2D eigenvalue weighted by Gasteiger charge is 2.22. The molecule has 1 aliphatic rings. The maximum Gasteiger partial charge on any atom is 0.0773 e. The van der Waals surface area contributed by atoms with Crippen molar-refractivity contribution >= 4 is 11.4 Å². The predicted octanol–water partition coefficient (Wildman–Crippen LogP) is 2.59. The summed E-state index contributed by atoms with van der Waals surface area (Å²) in [7, 11) is 1.94. The third-order valence-electron chi connectivity index (χ3n) is 3.36. The van der Waals surface area contributed by atoms with E-state index in [0.717, 1.165) is 25.4 Å². The molecule has 0 radical (unpaired) electrons. The SMILES string of the molecule is CNc1ccc(N2CCOC(C(C)C)C2)cc1. The van der Waals surface area contributed by atoms with Crippen molar-refractivity contribution in [1.82, 2.24) is 0 Å². The van der Waals surface area contributed by atoms with Crippen molar-refractivity contribution in [1.29, 1.82) is 0 Å². The average Bonchev–Trinajstić information content (AvgIpc) is 2.39. The summed E-state index contributed by atoms with van der Waals surface area (Å²) in [5.74, 6) is 0.578. The van der Waals surface area contributed by atoms with E-state index >= 15 is 0 Å². The zero-order chi connectivity index (χ0) is 12.3. The van der Waals surface area contributed by atoms with Crippen molar-refractivity contribution < 1.29 is 4.74 Å². The molecule has 3 nitrogen and oxygen atoms in total. The van der Waals surface area contributed by atoms with E-state index in [1.54, 1.807) is 0 Å². The fraction of sp³-hybridized carbons (Fsp3) is 0.571. The molecule has 1 unspecified atom stereocenters. The van der Waals surface area contributed by atoms with E-state index in [-0.39, 0.29) is 0 Å². The Bertz CT molecular complexity index is 348. The predicted molar refractivity (Wildman–Crippen MR) is 72.8 cm³/mol. The molecule has 0 aliphatic carbocycles. The number of anilines is 2. The quantitative estimate of drug-likeness (QED) is 0.870. The Morgan fingerprint density at radius 3 is 2.59 bits per heavy atom. The molecule has 94 valence electrons. The zero-order valence-corrected chi connectivity index (χ0v) is 10.9. The van der Waals surface area contributed by atoms with Crippen LogP contribution in [0.2, 0.25) is 0 Å². The van der Waals surface area contributed by atoms with E-state index in [9.17, 15) is 0 Å². The minimum absolute atomic E-state index is 0.354. The Balaban J connectivity index is 2.05. The van der Waals surface area contributed by atoms with Crippen LogP contribution in [0.4, 0.5) is 11.4 Å². The Kier molecular flexibility index (Phi) is 3.89. The van der Waals surface area contributed by atoms with Crippen LogP contribution in [0.15, 0.2) is 24.3 Å². The summed E-state index contributed by atoms with van der Waals surface area (Å²) in [5.41, 5.74) is 2.44. The molecule has 17 heavy (non-hydrogen) atoms. The minimum atomic E-state index is 0.354. The van der Waals surface area contributed by atoms with Gasteiger partial charge < -0.3 is 15.0 Å². The van der Waals surface area contributed by atoms with Gasteiger partial charge in [0.2, 0.25) is 0 Å². The van der Waals surface area contributed by atoms with Crippen LogP contribution in [-0.2, 0) is 4.74 Å². The van der Waals surface area contributed by atoms with Crippen LogP contribution in [-0.4, -0.2) is 32.8 Å². The molecule has 0 aromatic heterocycles. The molecule has 1 N–H and O–H groups in total. The maximum absolute atomic E-state index is 5.78. The fourth-order valence-corrected chi connectivity index (χ4v) is 2.15. The van der Waals surface area contributed by atoms with Gasteiger partial charge in [-0.15, -0.1) is 0 Å². The molecule has 0 bridgehead atoms. The third-order valence-corrected chi connectivity index (χ3v) is 3.36. The van der Waals surface area contributed by atoms with Crippen LogP contribution >= 0.6 is 0 Å². The van der Waals surface area contributed by atoms with Gasteiger partial charge in [-0.1, -0.05) is 13.8 Å². The Morgan fingerprint density at radius 2 is 2.00 bits per heavy atom. The summed E-state index contributed by atoms with van der Waals surface area (Å²) in [6.45, 7) is 7.26. The van der Waals surface area contributed by atoms with Crippen molar-refractivity contribution in [3.05, 3.63) is 24.3 Å². The first-order valence-electron chi connectivity index (χ1n) is 6.35. The first-order valence-corrected chi connectivity index (χ1v) is 6.35. The number of benzene rings is 1. The van der Waals surface area contributed by atoms with Crippen LogP contribution in [0.1, 0.15) is 13.8 Å². The number of morpholine rings is 1. The molecular formula is C14H22N2O. The van der Waals surface area contributed by atoms with Gasteiger partial charge in [0.1, 0.15) is 0 Å². The average molecular weight is 234 g/mol. The van der Waals surface area contributed by atoms with E-state index in [1.807, 2.05) is 7.05 Å². The lowest BCUT2D eigenvalue weighted by molar-refractivity contribution is 0.0114. The van der Waals surface area contributed by atoms with Crippen LogP contribution in [0.25, 0.3) is 0 Å². The minimum Gasteiger partial charge on any atom is -0.388 e. The van der Waals surface area contributed by atoms with E-state index in [0.29, 0.717) is 12.0 Å². The molecule has 1 aromatic carbocycles. The monoisotopic (exact) mass is 234 g/mol. The van der Waals surface area contributed by atoms with Gasteiger partial charge in [-0.2, -0.15) is 0 Å². The van der Waals surface area contributed by atoms with Gasteiger partial charge in [-0.05, 0) is 30.2 Å². The molecule has 3 heteroatoms. The highest BCUT2D eigenvalue weighted by molar-refractivity contribution is 5.55. The van der Waals surface area contributed by atoms with Gasteiger partial charge >= 0.3 is 0 Å². The summed E-state index contributed by atoms with van der Waals surface area (Å²) in [6.07, 6.45) is 0.354. The maximum atomic E-state index is 5.78. The summed E-state index contributed by atoms with van der Waals surface area (Å²) >= 11 is 0. The summed E-state index contributed by atoms with van der Waals surface area (Å²) in [5, 5.41) is 3.14.